The summed E-state index contributed by atoms with van der Waals surface area (Å²) in [7, 11) is 0. The monoisotopic (exact) mass is 293 g/mol. The molecule has 0 heterocycles. The highest BCUT2D eigenvalue weighted by Crippen LogP contribution is 2.28. The van der Waals surface area contributed by atoms with Crippen molar-refractivity contribution in [3.8, 4) is 0 Å². The summed E-state index contributed by atoms with van der Waals surface area (Å²) in [5.74, 6) is 0.677. The molecular formula is C18H28FNO. The molecule has 0 radical (unpaired) electrons. The van der Waals surface area contributed by atoms with Gasteiger partial charge >= 0.3 is 0 Å². The summed E-state index contributed by atoms with van der Waals surface area (Å²) in [6.45, 7) is 4.94. The van der Waals surface area contributed by atoms with Gasteiger partial charge < -0.3 is 10.1 Å². The largest absolute Gasteiger partial charge is 0.381 e. The van der Waals surface area contributed by atoms with Gasteiger partial charge in [0.15, 0.2) is 0 Å². The number of ether oxygens (including phenoxy) is 1. The first-order chi connectivity index (χ1) is 10.3. The predicted octanol–water partition coefficient (Wildman–Crippen LogP) is 4.46. The molecule has 0 amide bonds. The maximum absolute atomic E-state index is 13.0. The first-order valence-electron chi connectivity index (χ1n) is 8.36. The van der Waals surface area contributed by atoms with Gasteiger partial charge in [0.25, 0.3) is 0 Å². The number of hydrogen-bond acceptors (Lipinski definition) is 2. The maximum Gasteiger partial charge on any atom is 0.123 e. The molecular weight excluding hydrogens is 265 g/mol. The number of halogens is 1. The van der Waals surface area contributed by atoms with Crippen LogP contribution in [0.2, 0.25) is 0 Å². The van der Waals surface area contributed by atoms with E-state index in [4.69, 9.17) is 4.74 Å². The fourth-order valence-electron chi connectivity index (χ4n) is 2.47. The van der Waals surface area contributed by atoms with Crippen LogP contribution in [0.15, 0.2) is 24.3 Å². The highest BCUT2D eigenvalue weighted by atomic mass is 19.1. The smallest absolute Gasteiger partial charge is 0.123 e. The van der Waals surface area contributed by atoms with E-state index in [0.29, 0.717) is 6.04 Å². The SMILES string of the molecule is CCCCC(NCCCOCC1CC1)c1ccc(F)cc1. The molecule has 0 saturated heterocycles. The molecule has 0 bridgehead atoms. The van der Waals surface area contributed by atoms with Crippen LogP contribution in [0.25, 0.3) is 0 Å². The molecule has 1 aliphatic carbocycles. The first kappa shape index (κ1) is 16.4. The van der Waals surface area contributed by atoms with Gasteiger partial charge in [-0.05, 0) is 55.8 Å². The average Bonchev–Trinajstić information content (AvgIpc) is 3.31. The van der Waals surface area contributed by atoms with Crippen LogP contribution in [-0.4, -0.2) is 19.8 Å². The van der Waals surface area contributed by atoms with E-state index in [-0.39, 0.29) is 5.82 Å². The van der Waals surface area contributed by atoms with E-state index in [1.807, 2.05) is 12.1 Å². The molecule has 0 aliphatic heterocycles. The van der Waals surface area contributed by atoms with Crippen LogP contribution in [0.4, 0.5) is 4.39 Å². The Kier molecular flexibility index (Phi) is 7.17. The third-order valence-electron chi connectivity index (χ3n) is 4.03. The first-order valence-corrected chi connectivity index (χ1v) is 8.36. The molecule has 1 saturated carbocycles. The molecule has 1 fully saturated rings. The van der Waals surface area contributed by atoms with Gasteiger partial charge in [-0.15, -0.1) is 0 Å². The van der Waals surface area contributed by atoms with Gasteiger partial charge in [-0.25, -0.2) is 4.39 Å². The number of benzene rings is 1. The van der Waals surface area contributed by atoms with Crippen LogP contribution in [0.1, 0.15) is 57.1 Å². The van der Waals surface area contributed by atoms with Crippen LogP contribution >= 0.6 is 0 Å². The molecule has 21 heavy (non-hydrogen) atoms. The molecule has 2 rings (SSSR count). The van der Waals surface area contributed by atoms with E-state index in [1.54, 1.807) is 12.1 Å². The Morgan fingerprint density at radius 3 is 2.67 bits per heavy atom. The second-order valence-electron chi connectivity index (χ2n) is 6.07. The lowest BCUT2D eigenvalue weighted by Gasteiger charge is -2.19. The summed E-state index contributed by atoms with van der Waals surface area (Å²) in [5, 5.41) is 3.59. The minimum absolute atomic E-state index is 0.165. The molecule has 0 spiro atoms. The summed E-state index contributed by atoms with van der Waals surface area (Å²) in [5.41, 5.74) is 1.18. The quantitative estimate of drug-likeness (QED) is 0.608. The van der Waals surface area contributed by atoms with E-state index >= 15 is 0 Å². The molecule has 1 atom stereocenters. The lowest BCUT2D eigenvalue weighted by molar-refractivity contribution is 0.121. The Bertz CT molecular complexity index is 389. The van der Waals surface area contributed by atoms with Crippen LogP contribution in [-0.2, 0) is 4.74 Å². The zero-order chi connectivity index (χ0) is 14.9. The van der Waals surface area contributed by atoms with Crippen molar-refractivity contribution < 1.29 is 9.13 Å². The van der Waals surface area contributed by atoms with Gasteiger partial charge in [0, 0.05) is 19.3 Å². The molecule has 1 unspecified atom stereocenters. The number of hydrogen-bond donors (Lipinski definition) is 1. The standard InChI is InChI=1S/C18H28FNO/c1-2-3-5-18(16-8-10-17(19)11-9-16)20-12-4-13-21-14-15-6-7-15/h8-11,15,18,20H,2-7,12-14H2,1H3. The highest BCUT2D eigenvalue weighted by molar-refractivity contribution is 5.19. The fourth-order valence-corrected chi connectivity index (χ4v) is 2.47. The summed E-state index contributed by atoms with van der Waals surface area (Å²) < 4.78 is 18.7. The Labute approximate surface area is 128 Å². The van der Waals surface area contributed by atoms with E-state index in [9.17, 15) is 4.39 Å². The average molecular weight is 293 g/mol. The lowest BCUT2D eigenvalue weighted by atomic mass is 10.0. The van der Waals surface area contributed by atoms with Gasteiger partial charge in [0.05, 0.1) is 0 Å². The van der Waals surface area contributed by atoms with Gasteiger partial charge in [-0.1, -0.05) is 31.9 Å². The fraction of sp³-hybridized carbons (Fsp3) is 0.667. The van der Waals surface area contributed by atoms with Gasteiger partial charge in [0.1, 0.15) is 5.82 Å². The van der Waals surface area contributed by atoms with Crippen molar-refractivity contribution in [1.82, 2.24) is 5.32 Å². The minimum atomic E-state index is -0.165. The molecule has 3 heteroatoms. The normalized spacial score (nSPS) is 16.1. The van der Waals surface area contributed by atoms with Crippen LogP contribution in [0.3, 0.4) is 0 Å². The zero-order valence-corrected chi connectivity index (χ0v) is 13.1. The van der Waals surface area contributed by atoms with E-state index in [1.165, 1.54) is 31.2 Å². The molecule has 2 nitrogen and oxygen atoms in total. The van der Waals surface area contributed by atoms with Crippen LogP contribution in [0.5, 0.6) is 0 Å². The van der Waals surface area contributed by atoms with Crippen molar-refractivity contribution in [2.24, 2.45) is 5.92 Å². The van der Waals surface area contributed by atoms with Crippen LogP contribution in [0, 0.1) is 11.7 Å². The highest BCUT2D eigenvalue weighted by Gasteiger charge is 2.20. The Hall–Kier alpha value is -0.930. The Balaban J connectivity index is 1.69. The van der Waals surface area contributed by atoms with Crippen molar-refractivity contribution in [1.29, 1.82) is 0 Å². The summed E-state index contributed by atoms with van der Waals surface area (Å²) in [4.78, 5) is 0. The van der Waals surface area contributed by atoms with Crippen molar-refractivity contribution in [2.45, 2.75) is 51.5 Å². The topological polar surface area (TPSA) is 21.3 Å². The van der Waals surface area contributed by atoms with Crippen molar-refractivity contribution >= 4 is 0 Å². The van der Waals surface area contributed by atoms with Gasteiger partial charge in [-0.3, -0.25) is 0 Å². The zero-order valence-electron chi connectivity index (χ0n) is 13.1. The summed E-state index contributed by atoms with van der Waals surface area (Å²) in [6.07, 6.45) is 7.21. The third-order valence-corrected chi connectivity index (χ3v) is 4.03. The van der Waals surface area contributed by atoms with Gasteiger partial charge in [-0.2, -0.15) is 0 Å². The third kappa shape index (κ3) is 6.58. The summed E-state index contributed by atoms with van der Waals surface area (Å²) >= 11 is 0. The molecule has 1 N–H and O–H groups in total. The second kappa shape index (κ2) is 9.16. The minimum Gasteiger partial charge on any atom is -0.381 e. The number of unbranched alkanes of at least 4 members (excludes halogenated alkanes) is 1. The molecule has 118 valence electrons. The molecule has 1 aromatic carbocycles. The van der Waals surface area contributed by atoms with E-state index < -0.39 is 0 Å². The maximum atomic E-state index is 13.0. The van der Waals surface area contributed by atoms with Crippen molar-refractivity contribution in [3.63, 3.8) is 0 Å². The second-order valence-corrected chi connectivity index (χ2v) is 6.07. The predicted molar refractivity (Wildman–Crippen MR) is 84.8 cm³/mol. The van der Waals surface area contributed by atoms with E-state index in [2.05, 4.69) is 12.2 Å². The van der Waals surface area contributed by atoms with Gasteiger partial charge in [0.2, 0.25) is 0 Å². The molecule has 1 aliphatic rings. The molecule has 0 aromatic heterocycles. The number of rotatable bonds is 11. The van der Waals surface area contributed by atoms with E-state index in [0.717, 1.165) is 38.5 Å². The Morgan fingerprint density at radius 1 is 1.24 bits per heavy atom. The molecule has 1 aromatic rings. The summed E-state index contributed by atoms with van der Waals surface area (Å²) in [6, 6.07) is 7.22. The van der Waals surface area contributed by atoms with Crippen LogP contribution < -0.4 is 5.32 Å². The Morgan fingerprint density at radius 2 is 2.00 bits per heavy atom. The number of nitrogens with one attached hydrogen (secondary N) is 1. The van der Waals surface area contributed by atoms with Crippen molar-refractivity contribution in [3.05, 3.63) is 35.6 Å². The van der Waals surface area contributed by atoms with Crippen molar-refractivity contribution in [2.75, 3.05) is 19.8 Å². The lowest BCUT2D eigenvalue weighted by Crippen LogP contribution is -2.23.